The number of nitrogens with zero attached hydrogens (tertiary/aromatic N) is 2. The van der Waals surface area contributed by atoms with E-state index < -0.39 is 15.8 Å². The summed E-state index contributed by atoms with van der Waals surface area (Å²) in [6, 6.07) is 9.70. The molecule has 6 nitrogen and oxygen atoms in total. The van der Waals surface area contributed by atoms with Crippen LogP contribution < -0.4 is 10.4 Å². The predicted molar refractivity (Wildman–Crippen MR) is 94.8 cm³/mol. The van der Waals surface area contributed by atoms with E-state index in [0.717, 1.165) is 11.6 Å². The molecule has 0 saturated carbocycles. The summed E-state index contributed by atoms with van der Waals surface area (Å²) in [5.41, 5.74) is 1.56. The zero-order chi connectivity index (χ0) is 18.2. The van der Waals surface area contributed by atoms with Crippen molar-refractivity contribution in [1.29, 1.82) is 0 Å². The number of aromatic nitrogens is 2. The predicted octanol–water partition coefficient (Wildman–Crippen LogP) is 2.78. The Hall–Kier alpha value is -2.61. The molecule has 0 unspecified atom stereocenters. The topological polar surface area (TPSA) is 73.1 Å². The Balaban J connectivity index is 2.07. The van der Waals surface area contributed by atoms with Crippen LogP contribution in [0, 0.1) is 5.82 Å². The number of anilines is 1. The van der Waals surface area contributed by atoms with Gasteiger partial charge in [-0.05, 0) is 50.2 Å². The van der Waals surface area contributed by atoms with Gasteiger partial charge in [-0.3, -0.25) is 13.9 Å². The molecule has 2 aromatic carbocycles. The summed E-state index contributed by atoms with van der Waals surface area (Å²) >= 11 is 0. The average Bonchev–Trinajstić information content (AvgIpc) is 2.84. The molecule has 1 N–H and O–H groups in total. The van der Waals surface area contributed by atoms with Crippen molar-refractivity contribution < 1.29 is 12.8 Å². The van der Waals surface area contributed by atoms with E-state index in [1.54, 1.807) is 27.3 Å². The van der Waals surface area contributed by atoms with E-state index in [2.05, 4.69) is 4.72 Å². The molecule has 0 aliphatic carbocycles. The van der Waals surface area contributed by atoms with Gasteiger partial charge in [0, 0.05) is 13.1 Å². The maximum atomic E-state index is 13.3. The van der Waals surface area contributed by atoms with Crippen LogP contribution in [0.3, 0.4) is 0 Å². The van der Waals surface area contributed by atoms with Crippen LogP contribution in [0.5, 0.6) is 0 Å². The summed E-state index contributed by atoms with van der Waals surface area (Å²) in [5.74, 6) is -0.627. The van der Waals surface area contributed by atoms with Gasteiger partial charge in [-0.25, -0.2) is 17.6 Å². The first-order valence-corrected chi connectivity index (χ1v) is 9.37. The molecule has 0 fully saturated rings. The second kappa shape index (κ2) is 6.36. The highest BCUT2D eigenvalue weighted by Gasteiger charge is 2.17. The van der Waals surface area contributed by atoms with Crippen molar-refractivity contribution in [3.8, 4) is 0 Å². The second-order valence-corrected chi connectivity index (χ2v) is 7.22. The minimum atomic E-state index is -3.92. The van der Waals surface area contributed by atoms with Crippen molar-refractivity contribution in [2.24, 2.45) is 0 Å². The van der Waals surface area contributed by atoms with Crippen LogP contribution in [-0.4, -0.2) is 17.6 Å². The Morgan fingerprint density at radius 1 is 1.00 bits per heavy atom. The van der Waals surface area contributed by atoms with E-state index in [-0.39, 0.29) is 10.6 Å². The van der Waals surface area contributed by atoms with Gasteiger partial charge < -0.3 is 0 Å². The van der Waals surface area contributed by atoms with Crippen molar-refractivity contribution in [3.63, 3.8) is 0 Å². The Labute approximate surface area is 144 Å². The Morgan fingerprint density at radius 2 is 1.68 bits per heavy atom. The molecule has 3 aromatic rings. The molecule has 0 atom stereocenters. The van der Waals surface area contributed by atoms with E-state index in [1.807, 2.05) is 13.8 Å². The van der Waals surface area contributed by atoms with Gasteiger partial charge in [-0.2, -0.15) is 0 Å². The molecule has 132 valence electrons. The van der Waals surface area contributed by atoms with Crippen molar-refractivity contribution in [2.45, 2.75) is 31.8 Å². The number of rotatable bonds is 5. The fraction of sp³-hybridized carbons (Fsp3) is 0.235. The van der Waals surface area contributed by atoms with E-state index in [4.69, 9.17) is 0 Å². The molecule has 8 heteroatoms. The average molecular weight is 363 g/mol. The molecule has 1 aromatic heterocycles. The zero-order valence-corrected chi connectivity index (χ0v) is 14.7. The molecule has 0 aliphatic rings. The number of hydrogen-bond acceptors (Lipinski definition) is 3. The molecular weight excluding hydrogens is 345 g/mol. The Morgan fingerprint density at radius 3 is 2.32 bits per heavy atom. The molecule has 0 amide bonds. The number of fused-ring (bicyclic) bond motifs is 1. The first kappa shape index (κ1) is 17.2. The van der Waals surface area contributed by atoms with Crippen LogP contribution >= 0.6 is 0 Å². The first-order chi connectivity index (χ1) is 11.9. The Bertz CT molecular complexity index is 1100. The minimum absolute atomic E-state index is 0.134. The van der Waals surface area contributed by atoms with Crippen LogP contribution in [0.4, 0.5) is 10.1 Å². The lowest BCUT2D eigenvalue weighted by atomic mass is 10.3. The SMILES string of the molecule is CCn1c(=O)n(CC)c2cc(NS(=O)(=O)c3cccc(F)c3)ccc21. The quantitative estimate of drug-likeness (QED) is 0.758. The molecule has 1 heterocycles. The summed E-state index contributed by atoms with van der Waals surface area (Å²) in [6.45, 7) is 4.73. The second-order valence-electron chi connectivity index (χ2n) is 5.54. The number of nitrogens with one attached hydrogen (secondary N) is 1. The largest absolute Gasteiger partial charge is 0.329 e. The molecule has 0 aliphatic heterocycles. The van der Waals surface area contributed by atoms with Crippen molar-refractivity contribution >= 4 is 26.7 Å². The minimum Gasteiger partial charge on any atom is -0.292 e. The normalized spacial score (nSPS) is 11.8. The summed E-state index contributed by atoms with van der Waals surface area (Å²) in [4.78, 5) is 12.2. The third kappa shape index (κ3) is 3.05. The van der Waals surface area contributed by atoms with E-state index in [9.17, 15) is 17.6 Å². The number of halogens is 1. The van der Waals surface area contributed by atoms with Gasteiger partial charge in [0.15, 0.2) is 0 Å². The van der Waals surface area contributed by atoms with Crippen LogP contribution in [-0.2, 0) is 23.1 Å². The monoisotopic (exact) mass is 363 g/mol. The summed E-state index contributed by atoms with van der Waals surface area (Å²) in [7, 11) is -3.92. The third-order valence-corrected chi connectivity index (χ3v) is 5.39. The van der Waals surface area contributed by atoms with Crippen LogP contribution in [0.2, 0.25) is 0 Å². The van der Waals surface area contributed by atoms with Crippen LogP contribution in [0.25, 0.3) is 11.0 Å². The number of sulfonamides is 1. The number of imidazole rings is 1. The van der Waals surface area contributed by atoms with E-state index in [0.29, 0.717) is 24.3 Å². The fourth-order valence-electron chi connectivity index (χ4n) is 2.84. The maximum absolute atomic E-state index is 13.3. The van der Waals surface area contributed by atoms with E-state index in [1.165, 1.54) is 18.2 Å². The van der Waals surface area contributed by atoms with Gasteiger partial charge in [0.25, 0.3) is 10.0 Å². The van der Waals surface area contributed by atoms with Gasteiger partial charge in [0.05, 0.1) is 21.6 Å². The molecular formula is C17H18FN3O3S. The number of aryl methyl sites for hydroxylation is 2. The van der Waals surface area contributed by atoms with Crippen molar-refractivity contribution in [2.75, 3.05) is 4.72 Å². The van der Waals surface area contributed by atoms with Gasteiger partial charge in [-0.1, -0.05) is 6.07 Å². The smallest absolute Gasteiger partial charge is 0.292 e. The Kier molecular flexibility index (Phi) is 4.38. The van der Waals surface area contributed by atoms with Crippen molar-refractivity contribution in [3.05, 3.63) is 58.8 Å². The highest BCUT2D eigenvalue weighted by molar-refractivity contribution is 7.92. The van der Waals surface area contributed by atoms with E-state index >= 15 is 0 Å². The maximum Gasteiger partial charge on any atom is 0.329 e. The summed E-state index contributed by atoms with van der Waals surface area (Å²) < 4.78 is 43.8. The molecule has 0 bridgehead atoms. The van der Waals surface area contributed by atoms with Gasteiger partial charge in [0.1, 0.15) is 5.82 Å². The molecule has 0 spiro atoms. The van der Waals surface area contributed by atoms with Gasteiger partial charge in [-0.15, -0.1) is 0 Å². The van der Waals surface area contributed by atoms with Crippen LogP contribution in [0.15, 0.2) is 52.2 Å². The highest BCUT2D eigenvalue weighted by atomic mass is 32.2. The lowest BCUT2D eigenvalue weighted by Crippen LogP contribution is -2.23. The zero-order valence-electron chi connectivity index (χ0n) is 13.9. The summed E-state index contributed by atoms with van der Waals surface area (Å²) in [6.07, 6.45) is 0. The van der Waals surface area contributed by atoms with Gasteiger partial charge >= 0.3 is 5.69 Å². The number of hydrogen-bond donors (Lipinski definition) is 1. The van der Waals surface area contributed by atoms with Crippen molar-refractivity contribution in [1.82, 2.24) is 9.13 Å². The standard InChI is InChI=1S/C17H18FN3O3S/c1-3-20-15-9-8-13(11-16(15)21(4-2)17(20)22)19-25(23,24)14-7-5-6-12(18)10-14/h5-11,19H,3-4H2,1-2H3. The highest BCUT2D eigenvalue weighted by Crippen LogP contribution is 2.22. The lowest BCUT2D eigenvalue weighted by molar-refractivity contribution is 0.595. The van der Waals surface area contributed by atoms with Crippen LogP contribution in [0.1, 0.15) is 13.8 Å². The molecule has 25 heavy (non-hydrogen) atoms. The molecule has 0 radical (unpaired) electrons. The molecule has 3 rings (SSSR count). The summed E-state index contributed by atoms with van der Waals surface area (Å²) in [5, 5.41) is 0. The number of benzene rings is 2. The first-order valence-electron chi connectivity index (χ1n) is 7.89. The third-order valence-electron chi connectivity index (χ3n) is 4.01. The van der Waals surface area contributed by atoms with Gasteiger partial charge in [0.2, 0.25) is 0 Å². The fourth-order valence-corrected chi connectivity index (χ4v) is 3.92. The molecule has 0 saturated heterocycles. The lowest BCUT2D eigenvalue weighted by Gasteiger charge is -2.09.